The van der Waals surface area contributed by atoms with Crippen LogP contribution in [-0.2, 0) is 0 Å². The van der Waals surface area contributed by atoms with E-state index in [-0.39, 0.29) is 12.0 Å². The van der Waals surface area contributed by atoms with Crippen LogP contribution in [0.5, 0.6) is 5.75 Å². The summed E-state index contributed by atoms with van der Waals surface area (Å²) >= 11 is 12.0. The van der Waals surface area contributed by atoms with Gasteiger partial charge in [-0.05, 0) is 18.2 Å². The zero-order valence-corrected chi connectivity index (χ0v) is 14.6. The van der Waals surface area contributed by atoms with Gasteiger partial charge in [-0.15, -0.1) is 0 Å². The summed E-state index contributed by atoms with van der Waals surface area (Å²) in [5, 5.41) is 11.3. The smallest absolute Gasteiger partial charge is 0.122 e. The fourth-order valence-corrected chi connectivity index (χ4v) is 3.63. The van der Waals surface area contributed by atoms with Crippen molar-refractivity contribution in [2.24, 2.45) is 5.92 Å². The van der Waals surface area contributed by atoms with Crippen LogP contribution >= 0.6 is 23.2 Å². The molecule has 1 N–H and O–H groups in total. The van der Waals surface area contributed by atoms with Crippen LogP contribution < -0.4 is 4.74 Å². The van der Waals surface area contributed by atoms with E-state index in [4.69, 9.17) is 27.9 Å². The second-order valence-corrected chi connectivity index (χ2v) is 7.00. The summed E-state index contributed by atoms with van der Waals surface area (Å²) in [6, 6.07) is 5.20. The maximum atomic E-state index is 10.2. The topological polar surface area (TPSA) is 29.5 Å². The molecule has 22 heavy (non-hydrogen) atoms. The lowest BCUT2D eigenvalue weighted by atomic mass is 9.63. The molecular formula is C17H24BCl2O2. The lowest BCUT2D eigenvalue weighted by Crippen LogP contribution is -2.23. The number of rotatable bonds is 8. The molecule has 1 fully saturated rings. The van der Waals surface area contributed by atoms with Gasteiger partial charge in [0, 0.05) is 16.0 Å². The molecule has 0 bridgehead atoms. The molecule has 1 aromatic rings. The van der Waals surface area contributed by atoms with Gasteiger partial charge in [-0.3, -0.25) is 0 Å². The minimum absolute atomic E-state index is 0.166. The quantitative estimate of drug-likeness (QED) is 0.517. The Balaban J connectivity index is 1.85. The Labute approximate surface area is 144 Å². The van der Waals surface area contributed by atoms with E-state index < -0.39 is 0 Å². The Morgan fingerprint density at radius 3 is 2.59 bits per heavy atom. The Hall–Kier alpha value is -0.375. The van der Waals surface area contributed by atoms with Gasteiger partial charge in [-0.25, -0.2) is 0 Å². The molecule has 1 heterocycles. The van der Waals surface area contributed by atoms with Crippen molar-refractivity contribution in [1.29, 1.82) is 0 Å². The molecule has 1 aliphatic rings. The van der Waals surface area contributed by atoms with Crippen molar-refractivity contribution >= 4 is 30.5 Å². The Morgan fingerprint density at radius 2 is 1.91 bits per heavy atom. The molecule has 0 aromatic heterocycles. The summed E-state index contributed by atoms with van der Waals surface area (Å²) in [4.78, 5) is 0. The van der Waals surface area contributed by atoms with Crippen molar-refractivity contribution < 1.29 is 9.84 Å². The first-order chi connectivity index (χ1) is 10.6. The highest BCUT2D eigenvalue weighted by atomic mass is 35.5. The number of aliphatic hydroxyl groups excluding tert-OH is 1. The predicted octanol–water partition coefficient (Wildman–Crippen LogP) is 5.24. The van der Waals surface area contributed by atoms with Gasteiger partial charge in [0.15, 0.2) is 0 Å². The molecule has 0 saturated carbocycles. The second kappa shape index (κ2) is 9.05. The zero-order chi connectivity index (χ0) is 15.9. The largest absolute Gasteiger partial charge is 0.493 e. The fourth-order valence-electron chi connectivity index (χ4n) is 3.13. The number of halogens is 2. The van der Waals surface area contributed by atoms with Crippen LogP contribution in [0.4, 0.5) is 0 Å². The number of benzene rings is 1. The average molecular weight is 342 g/mol. The van der Waals surface area contributed by atoms with Crippen molar-refractivity contribution in [3.8, 4) is 5.75 Å². The van der Waals surface area contributed by atoms with Crippen LogP contribution in [0.3, 0.4) is 0 Å². The van der Waals surface area contributed by atoms with Crippen molar-refractivity contribution in [1.82, 2.24) is 0 Å². The summed E-state index contributed by atoms with van der Waals surface area (Å²) in [6.07, 6.45) is 6.64. The van der Waals surface area contributed by atoms with Gasteiger partial charge < -0.3 is 9.84 Å². The Morgan fingerprint density at radius 1 is 1.18 bits per heavy atom. The van der Waals surface area contributed by atoms with Gasteiger partial charge in [-0.2, -0.15) is 0 Å². The first kappa shape index (κ1) is 18.0. The maximum absolute atomic E-state index is 10.2. The van der Waals surface area contributed by atoms with Gasteiger partial charge in [-0.1, -0.05) is 74.4 Å². The molecule has 5 heteroatoms. The highest BCUT2D eigenvalue weighted by Gasteiger charge is 2.35. The summed E-state index contributed by atoms with van der Waals surface area (Å²) < 4.78 is 5.83. The van der Waals surface area contributed by atoms with E-state index in [1.54, 1.807) is 18.2 Å². The molecule has 0 aliphatic carbocycles. The van der Waals surface area contributed by atoms with Crippen LogP contribution in [0.25, 0.3) is 0 Å². The summed E-state index contributed by atoms with van der Waals surface area (Å²) in [7, 11) is 2.26. The van der Waals surface area contributed by atoms with Gasteiger partial charge in [0.05, 0.1) is 12.7 Å². The molecule has 0 unspecified atom stereocenters. The minimum Gasteiger partial charge on any atom is -0.493 e. The molecule has 1 aromatic carbocycles. The van der Waals surface area contributed by atoms with E-state index in [9.17, 15) is 5.11 Å². The number of aliphatic hydroxyl groups is 1. The molecule has 2 rings (SSSR count). The molecule has 2 nitrogen and oxygen atoms in total. The molecule has 1 saturated heterocycles. The summed E-state index contributed by atoms with van der Waals surface area (Å²) in [5.41, 5.74) is 0. The van der Waals surface area contributed by atoms with Crippen molar-refractivity contribution in [3.05, 3.63) is 28.2 Å². The van der Waals surface area contributed by atoms with Crippen molar-refractivity contribution in [2.75, 3.05) is 6.61 Å². The highest BCUT2D eigenvalue weighted by molar-refractivity contribution is 6.39. The van der Waals surface area contributed by atoms with E-state index >= 15 is 0 Å². The number of hydrogen-bond acceptors (Lipinski definition) is 2. The molecule has 0 amide bonds. The fraction of sp³-hybridized carbons (Fsp3) is 0.647. The van der Waals surface area contributed by atoms with Crippen LogP contribution in [0, 0.1) is 5.92 Å². The lowest BCUT2D eigenvalue weighted by Gasteiger charge is -2.23. The van der Waals surface area contributed by atoms with E-state index in [2.05, 4.69) is 14.2 Å². The molecule has 1 aliphatic heterocycles. The van der Waals surface area contributed by atoms with Gasteiger partial charge in [0.25, 0.3) is 0 Å². The number of unbranched alkanes of at least 4 members (excludes halogenated alkanes) is 3. The molecule has 0 spiro atoms. The zero-order valence-electron chi connectivity index (χ0n) is 13.1. The van der Waals surface area contributed by atoms with E-state index in [0.29, 0.717) is 28.2 Å². The van der Waals surface area contributed by atoms with Crippen molar-refractivity contribution in [3.63, 3.8) is 0 Å². The lowest BCUT2D eigenvalue weighted by molar-refractivity contribution is 0.0951. The third-order valence-corrected chi connectivity index (χ3v) is 4.83. The van der Waals surface area contributed by atoms with E-state index in [0.717, 1.165) is 12.7 Å². The SMILES string of the molecule is CCCCCC[C@H]1[B]C[C@@H](O)[C@@H]1COc1cc(Cl)cc(Cl)c1. The van der Waals surface area contributed by atoms with E-state index in [1.807, 2.05) is 0 Å². The summed E-state index contributed by atoms with van der Waals surface area (Å²) in [6.45, 7) is 2.73. The van der Waals surface area contributed by atoms with Crippen LogP contribution in [0.2, 0.25) is 22.2 Å². The molecule has 1 radical (unpaired) electrons. The van der Waals surface area contributed by atoms with Crippen LogP contribution in [0.1, 0.15) is 39.0 Å². The second-order valence-electron chi connectivity index (χ2n) is 6.13. The van der Waals surface area contributed by atoms with Crippen LogP contribution in [0.15, 0.2) is 18.2 Å². The first-order valence-electron chi connectivity index (χ1n) is 8.20. The number of ether oxygens (including phenoxy) is 1. The van der Waals surface area contributed by atoms with Gasteiger partial charge >= 0.3 is 0 Å². The molecule has 121 valence electrons. The normalized spacial score (nSPS) is 24.3. The first-order valence-corrected chi connectivity index (χ1v) is 8.96. The third kappa shape index (κ3) is 5.36. The molecule has 3 atom stereocenters. The highest BCUT2D eigenvalue weighted by Crippen LogP contribution is 2.36. The monoisotopic (exact) mass is 341 g/mol. The standard InChI is InChI=1S/C17H24BCl2O2/c1-2-3-4-5-6-16-15(17(21)10-18-16)11-22-14-8-12(19)7-13(20)9-14/h7-9,15-17,21H,2-6,10-11H2,1H3/t15-,16-,17-/m1/s1. The average Bonchev–Trinajstić information content (AvgIpc) is 2.81. The van der Waals surface area contributed by atoms with Crippen molar-refractivity contribution in [2.45, 2.75) is 57.3 Å². The van der Waals surface area contributed by atoms with Gasteiger partial charge in [0.1, 0.15) is 13.0 Å². The minimum atomic E-state index is -0.300. The third-order valence-electron chi connectivity index (χ3n) is 4.39. The number of hydrogen-bond donors (Lipinski definition) is 1. The maximum Gasteiger partial charge on any atom is 0.122 e. The predicted molar refractivity (Wildman–Crippen MR) is 94.5 cm³/mol. The van der Waals surface area contributed by atoms with Crippen LogP contribution in [-0.4, -0.2) is 25.1 Å². The van der Waals surface area contributed by atoms with Gasteiger partial charge in [0.2, 0.25) is 0 Å². The molecular weight excluding hydrogens is 318 g/mol. The Kier molecular flexibility index (Phi) is 7.39. The van der Waals surface area contributed by atoms with E-state index in [1.165, 1.54) is 25.7 Å². The Bertz CT molecular complexity index is 450. The summed E-state index contributed by atoms with van der Waals surface area (Å²) in [5.74, 6) is 1.28.